The third-order valence-corrected chi connectivity index (χ3v) is 6.81. The van der Waals surface area contributed by atoms with E-state index in [0.717, 1.165) is 36.2 Å². The highest BCUT2D eigenvalue weighted by Crippen LogP contribution is 2.28. The number of nitrogens with zero attached hydrogens (tertiary/aromatic N) is 1. The second-order valence-electron chi connectivity index (χ2n) is 6.06. The highest BCUT2D eigenvalue weighted by Gasteiger charge is 2.24. The summed E-state index contributed by atoms with van der Waals surface area (Å²) in [7, 11) is -2.02. The lowest BCUT2D eigenvalue weighted by Crippen LogP contribution is -2.42. The zero-order valence-corrected chi connectivity index (χ0v) is 19.5. The van der Waals surface area contributed by atoms with Crippen molar-refractivity contribution in [2.24, 2.45) is 4.99 Å². The first-order valence-electron chi connectivity index (χ1n) is 8.58. The van der Waals surface area contributed by atoms with Crippen molar-refractivity contribution >= 4 is 51.7 Å². The first kappa shape index (κ1) is 23.5. The molecular formula is C17H29IN4O2S2. The standard InChI is InChI=1S/C17H28N4O2S2.HI/c1-4-19-17(21-14-8-9-15(11-14)24-3)20-12-13-6-5-7-16(10-13)25(22,23)18-2;/h5-7,10,14-15,18H,4,8-9,11-12H2,1-3H3,(H2,19,20,21);1H. The number of rotatable bonds is 7. The third-order valence-electron chi connectivity index (χ3n) is 4.30. The molecule has 148 valence electrons. The van der Waals surface area contributed by atoms with Crippen LogP contribution in [-0.4, -0.2) is 45.5 Å². The maximum atomic E-state index is 11.9. The molecule has 3 N–H and O–H groups in total. The third kappa shape index (κ3) is 6.90. The summed E-state index contributed by atoms with van der Waals surface area (Å²) >= 11 is 1.93. The van der Waals surface area contributed by atoms with E-state index in [-0.39, 0.29) is 28.9 Å². The highest BCUT2D eigenvalue weighted by atomic mass is 127. The van der Waals surface area contributed by atoms with Crippen LogP contribution in [0.25, 0.3) is 0 Å². The minimum Gasteiger partial charge on any atom is -0.357 e. The number of aliphatic imine (C=N–C) groups is 1. The predicted octanol–water partition coefficient (Wildman–Crippen LogP) is 2.55. The molecule has 2 atom stereocenters. The molecule has 9 heteroatoms. The fraction of sp³-hybridized carbons (Fsp3) is 0.588. The lowest BCUT2D eigenvalue weighted by molar-refractivity contribution is 0.588. The lowest BCUT2D eigenvalue weighted by atomic mass is 10.2. The van der Waals surface area contributed by atoms with Gasteiger partial charge in [0.25, 0.3) is 0 Å². The highest BCUT2D eigenvalue weighted by molar-refractivity contribution is 14.0. The largest absolute Gasteiger partial charge is 0.357 e. The Labute approximate surface area is 178 Å². The van der Waals surface area contributed by atoms with Crippen molar-refractivity contribution in [1.29, 1.82) is 0 Å². The van der Waals surface area contributed by atoms with E-state index in [9.17, 15) is 8.42 Å². The van der Waals surface area contributed by atoms with Gasteiger partial charge in [0.2, 0.25) is 10.0 Å². The van der Waals surface area contributed by atoms with E-state index in [1.807, 2.05) is 24.8 Å². The van der Waals surface area contributed by atoms with Gasteiger partial charge < -0.3 is 10.6 Å². The first-order valence-corrected chi connectivity index (χ1v) is 11.4. The Balaban J connectivity index is 0.00000338. The van der Waals surface area contributed by atoms with Gasteiger partial charge in [0.1, 0.15) is 0 Å². The number of nitrogens with one attached hydrogen (secondary N) is 3. The molecule has 1 aliphatic rings. The van der Waals surface area contributed by atoms with Crippen molar-refractivity contribution in [2.45, 2.75) is 48.9 Å². The minimum atomic E-state index is -3.43. The van der Waals surface area contributed by atoms with Gasteiger partial charge >= 0.3 is 0 Å². The Morgan fingerprint density at radius 1 is 1.35 bits per heavy atom. The number of halogens is 1. The molecule has 2 rings (SSSR count). The maximum absolute atomic E-state index is 11.9. The van der Waals surface area contributed by atoms with Crippen molar-refractivity contribution in [3.8, 4) is 0 Å². The molecule has 0 bridgehead atoms. The normalized spacial score (nSPS) is 20.5. The summed E-state index contributed by atoms with van der Waals surface area (Å²) in [6, 6.07) is 7.34. The smallest absolute Gasteiger partial charge is 0.240 e. The van der Waals surface area contributed by atoms with Crippen LogP contribution in [0, 0.1) is 0 Å². The summed E-state index contributed by atoms with van der Waals surface area (Å²) in [5.41, 5.74) is 0.863. The van der Waals surface area contributed by atoms with Crippen LogP contribution in [0.3, 0.4) is 0 Å². The van der Waals surface area contributed by atoms with Crippen LogP contribution in [0.5, 0.6) is 0 Å². The van der Waals surface area contributed by atoms with Crippen LogP contribution in [-0.2, 0) is 16.6 Å². The average Bonchev–Trinajstić information content (AvgIpc) is 3.08. The van der Waals surface area contributed by atoms with E-state index >= 15 is 0 Å². The molecule has 0 radical (unpaired) electrons. The summed E-state index contributed by atoms with van der Waals surface area (Å²) < 4.78 is 26.2. The second kappa shape index (κ2) is 11.4. The van der Waals surface area contributed by atoms with Crippen molar-refractivity contribution < 1.29 is 8.42 Å². The van der Waals surface area contributed by atoms with E-state index in [1.54, 1.807) is 18.2 Å². The number of hydrogen-bond acceptors (Lipinski definition) is 4. The molecule has 0 aromatic heterocycles. The Morgan fingerprint density at radius 2 is 2.12 bits per heavy atom. The first-order chi connectivity index (χ1) is 12.0. The van der Waals surface area contributed by atoms with Crippen molar-refractivity contribution in [2.75, 3.05) is 19.8 Å². The van der Waals surface area contributed by atoms with E-state index < -0.39 is 10.0 Å². The van der Waals surface area contributed by atoms with Crippen LogP contribution < -0.4 is 15.4 Å². The molecular weight excluding hydrogens is 483 g/mol. The molecule has 0 spiro atoms. The minimum absolute atomic E-state index is 0. The van der Waals surface area contributed by atoms with Crippen LogP contribution in [0.4, 0.5) is 0 Å². The summed E-state index contributed by atoms with van der Waals surface area (Å²) in [5.74, 6) is 0.788. The van der Waals surface area contributed by atoms with Crippen LogP contribution >= 0.6 is 35.7 Å². The number of benzene rings is 1. The van der Waals surface area contributed by atoms with Gasteiger partial charge in [-0.15, -0.1) is 24.0 Å². The number of thioether (sulfide) groups is 1. The van der Waals surface area contributed by atoms with Crippen LogP contribution in [0.2, 0.25) is 0 Å². The predicted molar refractivity (Wildman–Crippen MR) is 121 cm³/mol. The summed E-state index contributed by atoms with van der Waals surface area (Å²) in [6.07, 6.45) is 5.72. The topological polar surface area (TPSA) is 82.6 Å². The molecule has 1 aromatic rings. The zero-order chi connectivity index (χ0) is 18.3. The van der Waals surface area contributed by atoms with E-state index in [2.05, 4.69) is 26.6 Å². The SMILES string of the molecule is CCNC(=NCc1cccc(S(=O)(=O)NC)c1)NC1CCC(SC)C1.I. The van der Waals surface area contributed by atoms with Gasteiger partial charge in [-0.1, -0.05) is 12.1 Å². The molecule has 0 amide bonds. The van der Waals surface area contributed by atoms with E-state index in [0.29, 0.717) is 12.6 Å². The molecule has 1 aliphatic carbocycles. The Bertz CT molecular complexity index is 698. The lowest BCUT2D eigenvalue weighted by Gasteiger charge is -2.17. The fourth-order valence-electron chi connectivity index (χ4n) is 2.90. The molecule has 2 unspecified atom stereocenters. The van der Waals surface area contributed by atoms with Crippen molar-refractivity contribution in [3.05, 3.63) is 29.8 Å². The summed E-state index contributed by atoms with van der Waals surface area (Å²) in [5, 5.41) is 7.50. The number of guanidine groups is 1. The van der Waals surface area contributed by atoms with Crippen molar-refractivity contribution in [1.82, 2.24) is 15.4 Å². The maximum Gasteiger partial charge on any atom is 0.240 e. The van der Waals surface area contributed by atoms with Gasteiger partial charge in [-0.2, -0.15) is 11.8 Å². The zero-order valence-electron chi connectivity index (χ0n) is 15.5. The van der Waals surface area contributed by atoms with Gasteiger partial charge in [0, 0.05) is 17.8 Å². The van der Waals surface area contributed by atoms with Gasteiger partial charge in [-0.25, -0.2) is 18.1 Å². The monoisotopic (exact) mass is 512 g/mol. The molecule has 1 aromatic carbocycles. The van der Waals surface area contributed by atoms with Crippen LogP contribution in [0.1, 0.15) is 31.7 Å². The Morgan fingerprint density at radius 3 is 2.73 bits per heavy atom. The van der Waals surface area contributed by atoms with Gasteiger partial charge in [0.05, 0.1) is 11.4 Å². The molecule has 26 heavy (non-hydrogen) atoms. The number of sulfonamides is 1. The Hall–Kier alpha value is -0.520. The molecule has 0 aliphatic heterocycles. The van der Waals surface area contributed by atoms with Gasteiger partial charge in [-0.3, -0.25) is 0 Å². The quantitative estimate of drug-likeness (QED) is 0.297. The van der Waals surface area contributed by atoms with E-state index in [1.165, 1.54) is 13.5 Å². The number of hydrogen-bond donors (Lipinski definition) is 3. The van der Waals surface area contributed by atoms with E-state index in [4.69, 9.17) is 0 Å². The molecule has 1 fully saturated rings. The Kier molecular flexibility index (Phi) is 10.3. The van der Waals surface area contributed by atoms with Gasteiger partial charge in [0.15, 0.2) is 5.96 Å². The molecule has 1 saturated carbocycles. The molecule has 0 saturated heterocycles. The summed E-state index contributed by atoms with van der Waals surface area (Å²) in [4.78, 5) is 4.88. The average molecular weight is 512 g/mol. The summed E-state index contributed by atoms with van der Waals surface area (Å²) in [6.45, 7) is 3.26. The molecule has 0 heterocycles. The fourth-order valence-corrected chi connectivity index (χ4v) is 4.49. The van der Waals surface area contributed by atoms with Gasteiger partial charge in [-0.05, 0) is 57.2 Å². The molecule has 6 nitrogen and oxygen atoms in total. The van der Waals surface area contributed by atoms with Crippen molar-refractivity contribution in [3.63, 3.8) is 0 Å². The van der Waals surface area contributed by atoms with Crippen LogP contribution in [0.15, 0.2) is 34.2 Å². The second-order valence-corrected chi connectivity index (χ2v) is 9.09.